The third-order valence-corrected chi connectivity index (χ3v) is 8.31. The molecule has 0 amide bonds. The van der Waals surface area contributed by atoms with E-state index in [2.05, 4.69) is 65.8 Å². The van der Waals surface area contributed by atoms with Gasteiger partial charge in [0.25, 0.3) is 0 Å². The van der Waals surface area contributed by atoms with Crippen molar-refractivity contribution in [1.82, 2.24) is 0 Å². The second-order valence-electron chi connectivity index (χ2n) is 9.65. The van der Waals surface area contributed by atoms with Crippen molar-refractivity contribution in [3.8, 4) is 11.1 Å². The van der Waals surface area contributed by atoms with Crippen molar-refractivity contribution in [2.75, 3.05) is 0 Å². The Kier molecular flexibility index (Phi) is 5.59. The minimum absolute atomic E-state index is 0.125. The average molecular weight is 433 g/mol. The third kappa shape index (κ3) is 3.74. The van der Waals surface area contributed by atoms with Gasteiger partial charge in [-0.25, -0.2) is 8.42 Å². The minimum Gasteiger partial charge on any atom is -0.218 e. The first-order valence-electron chi connectivity index (χ1n) is 11.2. The van der Waals surface area contributed by atoms with Crippen LogP contribution in [0.4, 0.5) is 0 Å². The fourth-order valence-electron chi connectivity index (χ4n) is 4.61. The van der Waals surface area contributed by atoms with E-state index in [0.29, 0.717) is 15.7 Å². The van der Waals surface area contributed by atoms with E-state index in [1.807, 2.05) is 24.3 Å². The fraction of sp³-hybridized carbons (Fsp3) is 0.357. The molecular formula is C28H32O2S. The molecule has 0 heterocycles. The molecule has 31 heavy (non-hydrogen) atoms. The van der Waals surface area contributed by atoms with E-state index >= 15 is 0 Å². The molecule has 0 radical (unpaired) electrons. The molecule has 1 aliphatic rings. The Morgan fingerprint density at radius 3 is 1.84 bits per heavy atom. The Hall–Kier alpha value is -2.39. The molecule has 0 unspecified atom stereocenters. The molecule has 162 valence electrons. The Morgan fingerprint density at radius 2 is 1.26 bits per heavy atom. The molecule has 3 aromatic carbocycles. The van der Waals surface area contributed by atoms with Gasteiger partial charge in [-0.1, -0.05) is 84.0 Å². The predicted molar refractivity (Wildman–Crippen MR) is 129 cm³/mol. The summed E-state index contributed by atoms with van der Waals surface area (Å²) in [5, 5.41) is 0. The van der Waals surface area contributed by atoms with Crippen molar-refractivity contribution in [2.45, 2.75) is 75.5 Å². The van der Waals surface area contributed by atoms with Gasteiger partial charge >= 0.3 is 0 Å². The zero-order chi connectivity index (χ0) is 22.5. The molecule has 0 N–H and O–H groups in total. The van der Waals surface area contributed by atoms with Crippen LogP contribution in [0.2, 0.25) is 0 Å². The summed E-state index contributed by atoms with van der Waals surface area (Å²) in [4.78, 5) is 0.914. The zero-order valence-electron chi connectivity index (χ0n) is 19.4. The summed E-state index contributed by atoms with van der Waals surface area (Å²) in [5.41, 5.74) is 7.79. The van der Waals surface area contributed by atoms with Gasteiger partial charge in [-0.2, -0.15) is 0 Å². The lowest BCUT2D eigenvalue weighted by Crippen LogP contribution is -2.13. The lowest BCUT2D eigenvalue weighted by molar-refractivity contribution is 0.590. The van der Waals surface area contributed by atoms with Crippen LogP contribution in [-0.4, -0.2) is 8.42 Å². The highest BCUT2D eigenvalue weighted by atomic mass is 32.2. The van der Waals surface area contributed by atoms with E-state index in [1.165, 1.54) is 16.7 Å². The van der Waals surface area contributed by atoms with Gasteiger partial charge in [-0.3, -0.25) is 0 Å². The molecule has 0 spiro atoms. The first kappa shape index (κ1) is 21.8. The molecule has 4 rings (SSSR count). The topological polar surface area (TPSA) is 34.1 Å². The standard InChI is InChI=1S/C28H32O2S/c1-17(2)21-15-26(18(3)4)28(27(16-21)19(5)6)31(29,30)23-11-12-25-22(14-23)13-20-9-7-8-10-24(20)25/h7-12,14-19H,13H2,1-6H3. The summed E-state index contributed by atoms with van der Waals surface area (Å²) < 4.78 is 28.1. The van der Waals surface area contributed by atoms with Gasteiger partial charge in [0, 0.05) is 0 Å². The maximum atomic E-state index is 14.0. The lowest BCUT2D eigenvalue weighted by atomic mass is 9.89. The van der Waals surface area contributed by atoms with Gasteiger partial charge in [0.15, 0.2) is 0 Å². The molecule has 2 nitrogen and oxygen atoms in total. The quantitative estimate of drug-likeness (QED) is 0.328. The number of hydrogen-bond donors (Lipinski definition) is 0. The van der Waals surface area contributed by atoms with Crippen LogP contribution in [0, 0.1) is 0 Å². The predicted octanol–water partition coefficient (Wildman–Crippen LogP) is 7.46. The van der Waals surface area contributed by atoms with Crippen molar-refractivity contribution >= 4 is 9.84 Å². The number of rotatable bonds is 5. The summed E-state index contributed by atoms with van der Waals surface area (Å²) in [6.45, 7) is 12.7. The van der Waals surface area contributed by atoms with Gasteiger partial charge in [-0.05, 0) is 75.3 Å². The second-order valence-corrected chi connectivity index (χ2v) is 11.5. The van der Waals surface area contributed by atoms with Gasteiger partial charge < -0.3 is 0 Å². The summed E-state index contributed by atoms with van der Waals surface area (Å²) in [6.07, 6.45) is 0.787. The van der Waals surface area contributed by atoms with Crippen molar-refractivity contribution in [2.24, 2.45) is 0 Å². The summed E-state index contributed by atoms with van der Waals surface area (Å²) >= 11 is 0. The Morgan fingerprint density at radius 1 is 0.677 bits per heavy atom. The van der Waals surface area contributed by atoms with Gasteiger partial charge in [0.2, 0.25) is 9.84 Å². The van der Waals surface area contributed by atoms with Crippen molar-refractivity contribution in [3.63, 3.8) is 0 Å². The van der Waals surface area contributed by atoms with Crippen molar-refractivity contribution in [3.05, 3.63) is 82.4 Å². The van der Waals surface area contributed by atoms with Crippen molar-refractivity contribution < 1.29 is 8.42 Å². The number of benzene rings is 3. The molecule has 3 heteroatoms. The van der Waals surface area contributed by atoms with E-state index < -0.39 is 9.84 Å². The van der Waals surface area contributed by atoms with Crippen LogP contribution >= 0.6 is 0 Å². The second kappa shape index (κ2) is 7.94. The Labute approximate surface area is 187 Å². The highest BCUT2D eigenvalue weighted by molar-refractivity contribution is 7.91. The third-order valence-electron chi connectivity index (χ3n) is 6.42. The highest BCUT2D eigenvalue weighted by Gasteiger charge is 2.30. The molecular weight excluding hydrogens is 400 g/mol. The fourth-order valence-corrected chi connectivity index (χ4v) is 6.60. The molecule has 3 aromatic rings. The van der Waals surface area contributed by atoms with Crippen LogP contribution in [0.1, 0.15) is 87.1 Å². The zero-order valence-corrected chi connectivity index (χ0v) is 20.2. The molecule has 0 saturated heterocycles. The van der Waals surface area contributed by atoms with Crippen LogP contribution in [0.15, 0.2) is 64.4 Å². The monoisotopic (exact) mass is 432 g/mol. The van der Waals surface area contributed by atoms with Gasteiger partial charge in [0.05, 0.1) is 9.79 Å². The Bertz CT molecular complexity index is 1220. The molecule has 0 aromatic heterocycles. The van der Waals surface area contributed by atoms with E-state index in [4.69, 9.17) is 0 Å². The largest absolute Gasteiger partial charge is 0.218 e. The highest BCUT2D eigenvalue weighted by Crippen LogP contribution is 2.41. The molecule has 0 fully saturated rings. The Balaban J connectivity index is 1.91. The average Bonchev–Trinajstić information content (AvgIpc) is 3.10. The number of fused-ring (bicyclic) bond motifs is 3. The van der Waals surface area contributed by atoms with Crippen LogP contribution in [0.3, 0.4) is 0 Å². The molecule has 0 saturated carbocycles. The van der Waals surface area contributed by atoms with Crippen molar-refractivity contribution in [1.29, 1.82) is 0 Å². The molecule has 1 aliphatic carbocycles. The van der Waals surface area contributed by atoms with Gasteiger partial charge in [0.1, 0.15) is 0 Å². The number of hydrogen-bond acceptors (Lipinski definition) is 2. The van der Waals surface area contributed by atoms with Crippen LogP contribution in [0.25, 0.3) is 11.1 Å². The smallest absolute Gasteiger partial charge is 0.207 e. The first-order chi connectivity index (χ1) is 14.6. The van der Waals surface area contributed by atoms with Gasteiger partial charge in [-0.15, -0.1) is 0 Å². The number of sulfone groups is 1. The van der Waals surface area contributed by atoms with Crippen LogP contribution in [0.5, 0.6) is 0 Å². The lowest BCUT2D eigenvalue weighted by Gasteiger charge is -2.23. The molecule has 0 atom stereocenters. The van der Waals surface area contributed by atoms with Crippen LogP contribution in [-0.2, 0) is 16.3 Å². The van der Waals surface area contributed by atoms with Crippen LogP contribution < -0.4 is 0 Å². The summed E-state index contributed by atoms with van der Waals surface area (Å²) in [5.74, 6) is 0.601. The van der Waals surface area contributed by atoms with E-state index in [0.717, 1.165) is 28.7 Å². The minimum atomic E-state index is -3.64. The summed E-state index contributed by atoms with van der Waals surface area (Å²) in [6, 6.07) is 18.2. The molecule has 0 bridgehead atoms. The SMILES string of the molecule is CC(C)c1cc(C(C)C)c(S(=O)(=O)c2ccc3c(c2)Cc2ccccc2-3)c(C(C)C)c1. The van der Waals surface area contributed by atoms with E-state index in [1.54, 1.807) is 6.07 Å². The maximum Gasteiger partial charge on any atom is 0.207 e. The normalized spacial score (nSPS) is 13.2. The van der Waals surface area contributed by atoms with E-state index in [-0.39, 0.29) is 11.8 Å². The summed E-state index contributed by atoms with van der Waals surface area (Å²) in [7, 11) is -3.64. The molecule has 0 aliphatic heterocycles. The van der Waals surface area contributed by atoms with E-state index in [9.17, 15) is 8.42 Å². The maximum absolute atomic E-state index is 14.0. The first-order valence-corrected chi connectivity index (χ1v) is 12.7.